The molecule has 0 saturated heterocycles. The monoisotopic (exact) mass is 223 g/mol. The van der Waals surface area contributed by atoms with Crippen LogP contribution < -0.4 is 5.32 Å². The van der Waals surface area contributed by atoms with Crippen molar-refractivity contribution in [2.45, 2.75) is 59.5 Å². The van der Waals surface area contributed by atoms with E-state index >= 15 is 0 Å². The summed E-state index contributed by atoms with van der Waals surface area (Å²) in [5, 5.41) is 7.91. The van der Waals surface area contributed by atoms with E-state index in [1.165, 1.54) is 18.5 Å². The predicted octanol–water partition coefficient (Wildman–Crippen LogP) is 2.53. The number of hydrogen-bond acceptors (Lipinski definition) is 2. The van der Waals surface area contributed by atoms with Crippen LogP contribution >= 0.6 is 0 Å². The lowest BCUT2D eigenvalue weighted by atomic mass is 10.1. The number of rotatable bonds is 7. The van der Waals surface area contributed by atoms with Gasteiger partial charge in [-0.1, -0.05) is 6.92 Å². The van der Waals surface area contributed by atoms with Gasteiger partial charge in [-0.05, 0) is 52.6 Å². The average molecular weight is 223 g/mol. The molecule has 0 spiro atoms. The van der Waals surface area contributed by atoms with Gasteiger partial charge in [0.15, 0.2) is 0 Å². The topological polar surface area (TPSA) is 29.9 Å². The summed E-state index contributed by atoms with van der Waals surface area (Å²) in [6, 6.07) is 2.84. The van der Waals surface area contributed by atoms with Crippen molar-refractivity contribution in [2.24, 2.45) is 0 Å². The Morgan fingerprint density at radius 3 is 2.81 bits per heavy atom. The number of nitrogens with zero attached hydrogens (tertiary/aromatic N) is 2. The fourth-order valence-corrected chi connectivity index (χ4v) is 2.11. The van der Waals surface area contributed by atoms with Crippen LogP contribution in [-0.2, 0) is 13.0 Å². The third-order valence-electron chi connectivity index (χ3n) is 2.91. The molecule has 1 heterocycles. The van der Waals surface area contributed by atoms with Crippen molar-refractivity contribution in [1.82, 2.24) is 15.1 Å². The Hall–Kier alpha value is -0.830. The highest BCUT2D eigenvalue weighted by Crippen LogP contribution is 2.09. The van der Waals surface area contributed by atoms with Crippen LogP contribution in [0.3, 0.4) is 0 Å². The SMILES string of the molecule is CCNC(C)CCCc1cc(C)nn1CC. The molecule has 0 fully saturated rings. The first-order chi connectivity index (χ1) is 7.67. The van der Waals surface area contributed by atoms with Gasteiger partial charge in [-0.3, -0.25) is 4.68 Å². The van der Waals surface area contributed by atoms with E-state index in [-0.39, 0.29) is 0 Å². The van der Waals surface area contributed by atoms with Crippen LogP contribution in [0.15, 0.2) is 6.07 Å². The molecule has 1 N–H and O–H groups in total. The Morgan fingerprint density at radius 2 is 2.19 bits per heavy atom. The van der Waals surface area contributed by atoms with Crippen LogP contribution in [0.2, 0.25) is 0 Å². The maximum atomic E-state index is 4.46. The molecule has 1 atom stereocenters. The molecule has 1 aromatic rings. The largest absolute Gasteiger partial charge is 0.315 e. The zero-order valence-electron chi connectivity index (χ0n) is 11.1. The van der Waals surface area contributed by atoms with Gasteiger partial charge in [0.25, 0.3) is 0 Å². The van der Waals surface area contributed by atoms with Crippen LogP contribution in [0.1, 0.15) is 45.0 Å². The molecule has 0 amide bonds. The second-order valence-corrected chi connectivity index (χ2v) is 4.44. The Kier molecular flexibility index (Phi) is 5.53. The quantitative estimate of drug-likeness (QED) is 0.770. The first-order valence-corrected chi connectivity index (χ1v) is 6.44. The highest BCUT2D eigenvalue weighted by atomic mass is 15.3. The summed E-state index contributed by atoms with van der Waals surface area (Å²) >= 11 is 0. The van der Waals surface area contributed by atoms with Crippen molar-refractivity contribution in [3.05, 3.63) is 17.5 Å². The summed E-state index contributed by atoms with van der Waals surface area (Å²) in [6.45, 7) is 10.7. The predicted molar refractivity (Wildman–Crippen MR) is 68.7 cm³/mol. The highest BCUT2D eigenvalue weighted by Gasteiger charge is 2.05. The number of hydrogen-bond donors (Lipinski definition) is 1. The molecule has 3 heteroatoms. The highest BCUT2D eigenvalue weighted by molar-refractivity contribution is 5.08. The van der Waals surface area contributed by atoms with E-state index in [2.05, 4.69) is 48.9 Å². The molecule has 1 aromatic heterocycles. The standard InChI is InChI=1S/C13H25N3/c1-5-14-11(3)8-7-9-13-10-12(4)15-16(13)6-2/h10-11,14H,5-9H2,1-4H3. The number of aromatic nitrogens is 2. The van der Waals surface area contributed by atoms with Gasteiger partial charge in [-0.25, -0.2) is 0 Å². The molecule has 0 saturated carbocycles. The molecule has 0 aliphatic carbocycles. The molecule has 0 radical (unpaired) electrons. The van der Waals surface area contributed by atoms with Crippen LogP contribution in [0.4, 0.5) is 0 Å². The summed E-state index contributed by atoms with van der Waals surface area (Å²) in [6.07, 6.45) is 3.62. The lowest BCUT2D eigenvalue weighted by molar-refractivity contribution is 0.503. The molecule has 0 aliphatic rings. The summed E-state index contributed by atoms with van der Waals surface area (Å²) in [7, 11) is 0. The minimum atomic E-state index is 0.629. The molecule has 92 valence electrons. The van der Waals surface area contributed by atoms with Crippen molar-refractivity contribution >= 4 is 0 Å². The summed E-state index contributed by atoms with van der Waals surface area (Å²) in [4.78, 5) is 0. The molecule has 1 unspecified atom stereocenters. The van der Waals surface area contributed by atoms with Crippen molar-refractivity contribution in [3.8, 4) is 0 Å². The lowest BCUT2D eigenvalue weighted by Crippen LogP contribution is -2.25. The number of aryl methyl sites for hydroxylation is 3. The molecule has 3 nitrogen and oxygen atoms in total. The van der Waals surface area contributed by atoms with E-state index < -0.39 is 0 Å². The summed E-state index contributed by atoms with van der Waals surface area (Å²) in [5.74, 6) is 0. The molecule has 0 aromatic carbocycles. The Bertz CT molecular complexity index is 304. The van der Waals surface area contributed by atoms with Gasteiger partial charge in [0.05, 0.1) is 5.69 Å². The maximum Gasteiger partial charge on any atom is 0.0596 e. The van der Waals surface area contributed by atoms with Crippen LogP contribution in [-0.4, -0.2) is 22.4 Å². The average Bonchev–Trinajstić information content (AvgIpc) is 2.59. The van der Waals surface area contributed by atoms with Gasteiger partial charge in [-0.15, -0.1) is 0 Å². The Morgan fingerprint density at radius 1 is 1.44 bits per heavy atom. The van der Waals surface area contributed by atoms with Gasteiger partial charge in [0.1, 0.15) is 0 Å². The summed E-state index contributed by atoms with van der Waals surface area (Å²) in [5.41, 5.74) is 2.51. The lowest BCUT2D eigenvalue weighted by Gasteiger charge is -2.11. The molecular weight excluding hydrogens is 198 g/mol. The van der Waals surface area contributed by atoms with E-state index in [1.54, 1.807) is 0 Å². The van der Waals surface area contributed by atoms with Crippen LogP contribution in [0.25, 0.3) is 0 Å². The molecular formula is C13H25N3. The van der Waals surface area contributed by atoms with Gasteiger partial charge < -0.3 is 5.32 Å². The van der Waals surface area contributed by atoms with Crippen molar-refractivity contribution in [2.75, 3.05) is 6.54 Å². The second-order valence-electron chi connectivity index (χ2n) is 4.44. The normalized spacial score (nSPS) is 13.0. The number of nitrogens with one attached hydrogen (secondary N) is 1. The fraction of sp³-hybridized carbons (Fsp3) is 0.769. The van der Waals surface area contributed by atoms with Crippen LogP contribution in [0, 0.1) is 6.92 Å². The molecule has 1 rings (SSSR count). The van der Waals surface area contributed by atoms with E-state index in [0.29, 0.717) is 6.04 Å². The molecule has 0 bridgehead atoms. The summed E-state index contributed by atoms with van der Waals surface area (Å²) < 4.78 is 2.12. The van der Waals surface area contributed by atoms with Crippen LogP contribution in [0.5, 0.6) is 0 Å². The molecule has 0 aliphatic heterocycles. The minimum Gasteiger partial charge on any atom is -0.315 e. The third-order valence-corrected chi connectivity index (χ3v) is 2.91. The van der Waals surface area contributed by atoms with Gasteiger partial charge in [0, 0.05) is 18.3 Å². The van der Waals surface area contributed by atoms with E-state index in [9.17, 15) is 0 Å². The minimum absolute atomic E-state index is 0.629. The maximum absolute atomic E-state index is 4.46. The zero-order chi connectivity index (χ0) is 12.0. The molecule has 16 heavy (non-hydrogen) atoms. The van der Waals surface area contributed by atoms with E-state index in [1.807, 2.05) is 0 Å². The van der Waals surface area contributed by atoms with Gasteiger partial charge in [0.2, 0.25) is 0 Å². The fourth-order valence-electron chi connectivity index (χ4n) is 2.11. The van der Waals surface area contributed by atoms with E-state index in [4.69, 9.17) is 0 Å². The van der Waals surface area contributed by atoms with Gasteiger partial charge >= 0.3 is 0 Å². The van der Waals surface area contributed by atoms with E-state index in [0.717, 1.165) is 25.2 Å². The Balaban J connectivity index is 2.36. The third kappa shape index (κ3) is 3.97. The van der Waals surface area contributed by atoms with Crippen molar-refractivity contribution < 1.29 is 0 Å². The first-order valence-electron chi connectivity index (χ1n) is 6.44. The zero-order valence-corrected chi connectivity index (χ0v) is 11.1. The van der Waals surface area contributed by atoms with Crippen molar-refractivity contribution in [3.63, 3.8) is 0 Å². The van der Waals surface area contributed by atoms with Gasteiger partial charge in [-0.2, -0.15) is 5.10 Å². The Labute approximate surface area is 99.2 Å². The smallest absolute Gasteiger partial charge is 0.0596 e. The first kappa shape index (κ1) is 13.2. The van der Waals surface area contributed by atoms with Crippen molar-refractivity contribution in [1.29, 1.82) is 0 Å². The second kappa shape index (κ2) is 6.69.